The van der Waals surface area contributed by atoms with Gasteiger partial charge in [-0.2, -0.15) is 0 Å². The molecule has 3 atom stereocenters. The first-order chi connectivity index (χ1) is 35.6. The smallest absolute Gasteiger partial charge is 0.196 e. The second-order valence-corrected chi connectivity index (χ2v) is 18.5. The molecule has 0 aromatic heterocycles. The average Bonchev–Trinajstić information content (AvgIpc) is 3.92. The number of benzene rings is 10. The summed E-state index contributed by atoms with van der Waals surface area (Å²) in [4.78, 5) is 5.06. The van der Waals surface area contributed by atoms with Crippen molar-refractivity contribution in [2.24, 2.45) is 4.99 Å². The van der Waals surface area contributed by atoms with Crippen LogP contribution in [0.2, 0.25) is 0 Å². The van der Waals surface area contributed by atoms with Crippen LogP contribution in [0, 0.1) is 0 Å². The maximum absolute atomic E-state index is 6.34. The minimum Gasteiger partial charge on any atom is -0.464 e. The molecule has 72 heavy (non-hydrogen) atoms. The molecule has 0 spiro atoms. The second kappa shape index (κ2) is 20.3. The molecule has 3 N–H and O–H groups in total. The summed E-state index contributed by atoms with van der Waals surface area (Å²) < 4.78 is 6.34. The van der Waals surface area contributed by atoms with Gasteiger partial charge in [-0.1, -0.05) is 273 Å². The van der Waals surface area contributed by atoms with E-state index in [9.17, 15) is 0 Å². The summed E-state index contributed by atoms with van der Waals surface area (Å²) in [6.07, 6.45) is 1.23. The Labute approximate surface area is 423 Å². The Morgan fingerprint density at radius 3 is 1.22 bits per heavy atom. The first-order valence-electron chi connectivity index (χ1n) is 24.7. The summed E-state index contributed by atoms with van der Waals surface area (Å²) in [5, 5.41) is 11.3. The molecule has 0 fully saturated rings. The summed E-state index contributed by atoms with van der Waals surface area (Å²) >= 11 is 0. The molecule has 0 radical (unpaired) electrons. The zero-order valence-corrected chi connectivity index (χ0v) is 40.2. The number of nitrogens with zero attached hydrogens (tertiary/aromatic N) is 1. The molecule has 5 nitrogen and oxygen atoms in total. The lowest BCUT2D eigenvalue weighted by atomic mass is 9.65. The Hall–Kier alpha value is -8.77. The highest BCUT2D eigenvalue weighted by Gasteiger charge is 2.42. The van der Waals surface area contributed by atoms with Gasteiger partial charge in [-0.3, -0.25) is 10.3 Å². The van der Waals surface area contributed by atoms with E-state index in [1.807, 2.05) is 60.9 Å². The van der Waals surface area contributed by atoms with Crippen LogP contribution in [0.15, 0.2) is 290 Å². The van der Waals surface area contributed by atoms with E-state index in [2.05, 4.69) is 253 Å². The van der Waals surface area contributed by atoms with Gasteiger partial charge in [0.05, 0.1) is 17.4 Å². The fraction of sp³-hybridized carbons (Fsp3) is 0.0896. The SMILES string of the molecule is CC(c1ccccc1)(c1ccccc1)c1ccc(C2N=CNC(c3ccc(C4Nc5ccccc5O4)cc3)(c3ccc(C(c4ccccc4)(c4ccccc4)c4ccccc4)cc3)N2)cc1.c1ccccc1. The summed E-state index contributed by atoms with van der Waals surface area (Å²) in [5.74, 6) is 0.856. The van der Waals surface area contributed by atoms with Crippen LogP contribution >= 0.6 is 0 Å². The van der Waals surface area contributed by atoms with Gasteiger partial charge in [0.15, 0.2) is 6.23 Å². The first-order valence-corrected chi connectivity index (χ1v) is 24.7. The number of hydrogen-bond donors (Lipinski definition) is 3. The molecule has 2 aliphatic rings. The number of fused-ring (bicyclic) bond motifs is 1. The molecule has 5 heteroatoms. The molecule has 12 rings (SSSR count). The highest BCUT2D eigenvalue weighted by atomic mass is 16.5. The van der Waals surface area contributed by atoms with Crippen LogP contribution in [0.1, 0.15) is 80.5 Å². The van der Waals surface area contributed by atoms with Crippen molar-refractivity contribution in [2.45, 2.75) is 35.8 Å². The Kier molecular flexibility index (Phi) is 12.9. The van der Waals surface area contributed by atoms with Crippen LogP contribution in [0.25, 0.3) is 0 Å². The van der Waals surface area contributed by atoms with Crippen LogP contribution in [-0.2, 0) is 16.5 Å². The largest absolute Gasteiger partial charge is 0.464 e. The van der Waals surface area contributed by atoms with Gasteiger partial charge < -0.3 is 15.4 Å². The standard InChI is InChI=1S/C61H50N4O.C6H6/c1-59(46-19-7-2-8-20-46,47-21-9-3-10-22-47)48-35-31-44(32-36-48)57-62-43-63-61(65-57,53-37-33-45(34-38-53)58-64-55-29-17-18-30-56(55)66-58)54-41-39-52(40-42-54)60(49-23-11-4-12-24-49,50-25-13-5-14-26-50)51-27-15-6-16-28-51;1-2-4-6-5-3-1/h2-43,57-58,64-65H,1H3,(H,62,63);1-6H. The number of ether oxygens (including phenoxy) is 1. The first kappa shape index (κ1) is 45.7. The average molecular weight is 933 g/mol. The molecule has 0 saturated heterocycles. The van der Waals surface area contributed by atoms with E-state index in [1.54, 1.807) is 0 Å². The number of nitrogens with one attached hydrogen (secondary N) is 3. The van der Waals surface area contributed by atoms with Crippen LogP contribution in [0.4, 0.5) is 5.69 Å². The number of para-hydroxylation sites is 2. The highest BCUT2D eigenvalue weighted by Crippen LogP contribution is 2.47. The third-order valence-electron chi connectivity index (χ3n) is 14.5. The molecule has 10 aromatic carbocycles. The molecule has 3 unspecified atom stereocenters. The van der Waals surface area contributed by atoms with Gasteiger partial charge in [0, 0.05) is 11.0 Å². The lowest BCUT2D eigenvalue weighted by molar-refractivity contribution is 0.259. The number of anilines is 1. The van der Waals surface area contributed by atoms with E-state index < -0.39 is 11.1 Å². The van der Waals surface area contributed by atoms with E-state index in [1.165, 1.54) is 38.9 Å². The molecule has 2 heterocycles. The number of rotatable bonds is 11. The lowest BCUT2D eigenvalue weighted by Crippen LogP contribution is -2.57. The van der Waals surface area contributed by atoms with Gasteiger partial charge in [0.1, 0.15) is 17.6 Å². The minimum atomic E-state index is -0.855. The molecule has 10 aromatic rings. The van der Waals surface area contributed by atoms with Crippen molar-refractivity contribution in [3.63, 3.8) is 0 Å². The predicted octanol–water partition coefficient (Wildman–Crippen LogP) is 14.7. The third kappa shape index (κ3) is 8.65. The predicted molar refractivity (Wildman–Crippen MR) is 294 cm³/mol. The van der Waals surface area contributed by atoms with E-state index >= 15 is 0 Å². The summed E-state index contributed by atoms with van der Waals surface area (Å²) in [6.45, 7) is 2.32. The maximum atomic E-state index is 6.34. The Morgan fingerprint density at radius 1 is 0.389 bits per heavy atom. The van der Waals surface area contributed by atoms with E-state index in [-0.39, 0.29) is 17.8 Å². The minimum absolute atomic E-state index is 0.286. The van der Waals surface area contributed by atoms with Crippen molar-refractivity contribution in [3.05, 3.63) is 346 Å². The summed E-state index contributed by atoms with van der Waals surface area (Å²) in [6, 6.07) is 101. The Morgan fingerprint density at radius 2 is 0.750 bits per heavy atom. The van der Waals surface area contributed by atoms with Gasteiger partial charge in [0.25, 0.3) is 0 Å². The molecule has 0 amide bonds. The van der Waals surface area contributed by atoms with Gasteiger partial charge in [0.2, 0.25) is 0 Å². The van der Waals surface area contributed by atoms with Crippen LogP contribution in [0.5, 0.6) is 5.75 Å². The Balaban J connectivity index is 0.000000872. The molecule has 0 bridgehead atoms. The van der Waals surface area contributed by atoms with E-state index in [0.29, 0.717) is 0 Å². The lowest BCUT2D eigenvalue weighted by Gasteiger charge is -2.42. The van der Waals surface area contributed by atoms with Crippen molar-refractivity contribution in [2.75, 3.05) is 5.32 Å². The van der Waals surface area contributed by atoms with Gasteiger partial charge >= 0.3 is 0 Å². The van der Waals surface area contributed by atoms with Crippen LogP contribution in [0.3, 0.4) is 0 Å². The van der Waals surface area contributed by atoms with Gasteiger partial charge in [-0.25, -0.2) is 0 Å². The van der Waals surface area contributed by atoms with Crippen LogP contribution < -0.4 is 20.7 Å². The zero-order chi connectivity index (χ0) is 48.6. The molecule has 350 valence electrons. The van der Waals surface area contributed by atoms with Crippen molar-refractivity contribution in [3.8, 4) is 5.75 Å². The van der Waals surface area contributed by atoms with E-state index in [0.717, 1.165) is 33.7 Å². The zero-order valence-electron chi connectivity index (χ0n) is 40.2. The van der Waals surface area contributed by atoms with Gasteiger partial charge in [-0.15, -0.1) is 0 Å². The molecular formula is C67H56N4O. The van der Waals surface area contributed by atoms with Crippen LogP contribution in [-0.4, -0.2) is 6.34 Å². The van der Waals surface area contributed by atoms with Crippen molar-refractivity contribution in [1.82, 2.24) is 10.6 Å². The normalized spacial score (nSPS) is 17.0. The molecular weight excluding hydrogens is 877 g/mol. The highest BCUT2D eigenvalue weighted by molar-refractivity contribution is 5.65. The van der Waals surface area contributed by atoms with Gasteiger partial charge in [-0.05, 0) is 74.7 Å². The maximum Gasteiger partial charge on any atom is 0.196 e. The molecule has 0 saturated carbocycles. The second-order valence-electron chi connectivity index (χ2n) is 18.5. The summed E-state index contributed by atoms with van der Waals surface area (Å²) in [5.41, 5.74) is 11.9. The van der Waals surface area contributed by atoms with Crippen molar-refractivity contribution < 1.29 is 4.74 Å². The monoisotopic (exact) mass is 932 g/mol. The molecule has 2 aliphatic heterocycles. The number of aliphatic imine (C=N–C) groups is 1. The topological polar surface area (TPSA) is 57.7 Å². The Bertz CT molecular complexity index is 3150. The quantitative estimate of drug-likeness (QED) is 0.113. The fourth-order valence-electron chi connectivity index (χ4n) is 10.7. The molecule has 0 aliphatic carbocycles. The fourth-order valence-corrected chi connectivity index (χ4v) is 10.7. The van der Waals surface area contributed by atoms with Crippen molar-refractivity contribution in [1.29, 1.82) is 0 Å². The van der Waals surface area contributed by atoms with Crippen molar-refractivity contribution >= 4 is 12.0 Å². The third-order valence-corrected chi connectivity index (χ3v) is 14.5. The summed E-state index contributed by atoms with van der Waals surface area (Å²) in [7, 11) is 0. The number of hydrogen-bond acceptors (Lipinski definition) is 5. The van der Waals surface area contributed by atoms with E-state index in [4.69, 9.17) is 9.73 Å².